The summed E-state index contributed by atoms with van der Waals surface area (Å²) in [4.78, 5) is 5.47. The molecule has 0 atom stereocenters. The van der Waals surface area contributed by atoms with Gasteiger partial charge in [0.1, 0.15) is 6.33 Å². The van der Waals surface area contributed by atoms with E-state index in [1.807, 2.05) is 0 Å². The summed E-state index contributed by atoms with van der Waals surface area (Å²) in [5.41, 5.74) is 1.32. The quantitative estimate of drug-likeness (QED) is 0.879. The van der Waals surface area contributed by atoms with Crippen LogP contribution >= 0.6 is 23.3 Å². The van der Waals surface area contributed by atoms with Crippen LogP contribution in [0.4, 0.5) is 0 Å². The van der Waals surface area contributed by atoms with Gasteiger partial charge in [-0.15, -0.1) is 0 Å². The molecule has 1 aromatic heterocycles. The SMILES string of the molecule is CC(C)CNCc1ccccc1Sc1ncns1. The van der Waals surface area contributed by atoms with Gasteiger partial charge in [0.05, 0.1) is 0 Å². The van der Waals surface area contributed by atoms with E-state index < -0.39 is 0 Å². The van der Waals surface area contributed by atoms with E-state index in [4.69, 9.17) is 0 Å². The molecule has 96 valence electrons. The average molecular weight is 279 g/mol. The highest BCUT2D eigenvalue weighted by Crippen LogP contribution is 2.30. The molecule has 1 N–H and O–H groups in total. The Hall–Kier alpha value is -0.910. The van der Waals surface area contributed by atoms with E-state index in [9.17, 15) is 0 Å². The zero-order chi connectivity index (χ0) is 12.8. The first kappa shape index (κ1) is 13.5. The minimum atomic E-state index is 0.674. The van der Waals surface area contributed by atoms with E-state index in [0.717, 1.165) is 17.4 Å². The molecule has 0 amide bonds. The Kier molecular flexibility index (Phi) is 5.16. The Labute approximate surface area is 116 Å². The highest BCUT2D eigenvalue weighted by atomic mass is 32.2. The number of benzene rings is 1. The Bertz CT molecular complexity index is 469. The summed E-state index contributed by atoms with van der Waals surface area (Å²) in [5, 5.41) is 3.48. The van der Waals surface area contributed by atoms with Crippen molar-refractivity contribution < 1.29 is 0 Å². The van der Waals surface area contributed by atoms with E-state index in [-0.39, 0.29) is 0 Å². The maximum absolute atomic E-state index is 4.21. The Balaban J connectivity index is 2.01. The summed E-state index contributed by atoms with van der Waals surface area (Å²) in [6.45, 7) is 6.38. The van der Waals surface area contributed by atoms with Crippen molar-refractivity contribution in [2.75, 3.05) is 6.54 Å². The monoisotopic (exact) mass is 279 g/mol. The van der Waals surface area contributed by atoms with Gasteiger partial charge in [-0.1, -0.05) is 43.8 Å². The minimum Gasteiger partial charge on any atom is -0.312 e. The molecule has 0 radical (unpaired) electrons. The molecule has 18 heavy (non-hydrogen) atoms. The fourth-order valence-electron chi connectivity index (χ4n) is 1.55. The topological polar surface area (TPSA) is 37.8 Å². The second-order valence-electron chi connectivity index (χ2n) is 4.44. The molecule has 1 heterocycles. The van der Waals surface area contributed by atoms with Crippen LogP contribution in [0.15, 0.2) is 39.8 Å². The van der Waals surface area contributed by atoms with Crippen molar-refractivity contribution in [2.45, 2.75) is 29.6 Å². The first-order valence-electron chi connectivity index (χ1n) is 5.99. The largest absolute Gasteiger partial charge is 0.312 e. The van der Waals surface area contributed by atoms with Crippen LogP contribution < -0.4 is 5.32 Å². The maximum atomic E-state index is 4.21. The highest BCUT2D eigenvalue weighted by Gasteiger charge is 2.06. The first-order chi connectivity index (χ1) is 8.75. The lowest BCUT2D eigenvalue weighted by Crippen LogP contribution is -2.19. The van der Waals surface area contributed by atoms with Crippen LogP contribution in [0.2, 0.25) is 0 Å². The number of nitrogens with zero attached hydrogens (tertiary/aromatic N) is 2. The normalized spacial score (nSPS) is 11.1. The van der Waals surface area contributed by atoms with Gasteiger partial charge in [0.2, 0.25) is 0 Å². The van der Waals surface area contributed by atoms with Gasteiger partial charge in [-0.25, -0.2) is 4.98 Å². The number of rotatable bonds is 6. The van der Waals surface area contributed by atoms with Gasteiger partial charge in [-0.2, -0.15) is 4.37 Å². The van der Waals surface area contributed by atoms with Crippen molar-refractivity contribution in [3.8, 4) is 0 Å². The fourth-order valence-corrected chi connectivity index (χ4v) is 3.08. The Morgan fingerprint density at radius 2 is 2.17 bits per heavy atom. The van der Waals surface area contributed by atoms with Crippen LogP contribution in [0.5, 0.6) is 0 Å². The Morgan fingerprint density at radius 1 is 1.33 bits per heavy atom. The molecule has 0 saturated heterocycles. The van der Waals surface area contributed by atoms with Crippen molar-refractivity contribution >= 4 is 23.3 Å². The zero-order valence-electron chi connectivity index (χ0n) is 10.6. The third kappa shape index (κ3) is 4.08. The van der Waals surface area contributed by atoms with Crippen LogP contribution in [0, 0.1) is 5.92 Å². The smallest absolute Gasteiger partial charge is 0.174 e. The molecule has 0 saturated carbocycles. The lowest BCUT2D eigenvalue weighted by molar-refractivity contribution is 0.550. The predicted octanol–water partition coefficient (Wildman–Crippen LogP) is 3.43. The van der Waals surface area contributed by atoms with Gasteiger partial charge < -0.3 is 5.32 Å². The van der Waals surface area contributed by atoms with Gasteiger partial charge >= 0.3 is 0 Å². The molecule has 5 heteroatoms. The minimum absolute atomic E-state index is 0.674. The maximum Gasteiger partial charge on any atom is 0.174 e. The summed E-state index contributed by atoms with van der Waals surface area (Å²) in [6.07, 6.45) is 1.60. The molecule has 0 fully saturated rings. The predicted molar refractivity (Wildman–Crippen MR) is 77.0 cm³/mol. The molecule has 2 rings (SSSR count). The van der Waals surface area contributed by atoms with Gasteiger partial charge in [0.15, 0.2) is 4.34 Å². The molecule has 0 bridgehead atoms. The van der Waals surface area contributed by atoms with Crippen molar-refractivity contribution in [3.05, 3.63) is 36.2 Å². The van der Waals surface area contributed by atoms with E-state index in [0.29, 0.717) is 5.92 Å². The van der Waals surface area contributed by atoms with E-state index in [1.54, 1.807) is 18.1 Å². The first-order valence-corrected chi connectivity index (χ1v) is 7.58. The number of hydrogen-bond acceptors (Lipinski definition) is 5. The van der Waals surface area contributed by atoms with Crippen LogP contribution in [-0.2, 0) is 6.54 Å². The molecule has 0 aliphatic rings. The van der Waals surface area contributed by atoms with Crippen molar-refractivity contribution in [1.82, 2.24) is 14.7 Å². The summed E-state index contributed by atoms with van der Waals surface area (Å²) < 4.78 is 5.02. The van der Waals surface area contributed by atoms with Crippen molar-refractivity contribution in [2.24, 2.45) is 5.92 Å². The lowest BCUT2D eigenvalue weighted by atomic mass is 10.2. The summed E-state index contributed by atoms with van der Waals surface area (Å²) in [6, 6.07) is 8.45. The number of aromatic nitrogens is 2. The summed E-state index contributed by atoms with van der Waals surface area (Å²) in [5.74, 6) is 0.674. The molecule has 0 aliphatic heterocycles. The third-order valence-electron chi connectivity index (χ3n) is 2.38. The molecule has 0 aliphatic carbocycles. The molecule has 3 nitrogen and oxygen atoms in total. The molecular formula is C13H17N3S2. The number of nitrogens with one attached hydrogen (secondary N) is 1. The van der Waals surface area contributed by atoms with E-state index in [1.165, 1.54) is 22.0 Å². The van der Waals surface area contributed by atoms with Gasteiger partial charge in [0, 0.05) is 11.4 Å². The van der Waals surface area contributed by atoms with Crippen LogP contribution in [-0.4, -0.2) is 15.9 Å². The molecule has 1 aromatic carbocycles. The zero-order valence-corrected chi connectivity index (χ0v) is 12.2. The average Bonchev–Trinajstić information content (AvgIpc) is 2.84. The molecule has 2 aromatic rings. The molecule has 0 unspecified atom stereocenters. The molecule has 0 spiro atoms. The molecular weight excluding hydrogens is 262 g/mol. The van der Waals surface area contributed by atoms with Gasteiger partial charge in [-0.3, -0.25) is 0 Å². The summed E-state index contributed by atoms with van der Waals surface area (Å²) in [7, 11) is 0. The van der Waals surface area contributed by atoms with E-state index in [2.05, 4.69) is 52.8 Å². The van der Waals surface area contributed by atoms with Crippen molar-refractivity contribution in [3.63, 3.8) is 0 Å². The highest BCUT2D eigenvalue weighted by molar-refractivity contribution is 8.01. The standard InChI is InChI=1S/C13H17N3S2/c1-10(2)7-14-8-11-5-3-4-6-12(11)17-13-15-9-16-18-13/h3-6,9-10,14H,7-8H2,1-2H3. The fraction of sp³-hybridized carbons (Fsp3) is 0.385. The van der Waals surface area contributed by atoms with Gasteiger partial charge in [-0.05, 0) is 35.6 Å². The summed E-state index contributed by atoms with van der Waals surface area (Å²) >= 11 is 3.12. The Morgan fingerprint density at radius 3 is 2.89 bits per heavy atom. The van der Waals surface area contributed by atoms with Crippen LogP contribution in [0.1, 0.15) is 19.4 Å². The lowest BCUT2D eigenvalue weighted by Gasteiger charge is -2.10. The van der Waals surface area contributed by atoms with Crippen LogP contribution in [0.25, 0.3) is 0 Å². The second kappa shape index (κ2) is 6.87. The third-order valence-corrected chi connectivity index (χ3v) is 4.21. The second-order valence-corrected chi connectivity index (χ2v) is 6.51. The van der Waals surface area contributed by atoms with Gasteiger partial charge in [0.25, 0.3) is 0 Å². The number of hydrogen-bond donors (Lipinski definition) is 1. The van der Waals surface area contributed by atoms with Crippen LogP contribution in [0.3, 0.4) is 0 Å². The van der Waals surface area contributed by atoms with Crippen molar-refractivity contribution in [1.29, 1.82) is 0 Å². The van der Waals surface area contributed by atoms with E-state index >= 15 is 0 Å².